The maximum atomic E-state index is 13.2. The Labute approximate surface area is 105 Å². The number of hydrogen-bond donors (Lipinski definition) is 1. The van der Waals surface area contributed by atoms with E-state index in [1.54, 1.807) is 31.2 Å². The Morgan fingerprint density at radius 1 is 1.06 bits per heavy atom. The molecule has 2 rings (SSSR count). The van der Waals surface area contributed by atoms with E-state index >= 15 is 0 Å². The third kappa shape index (κ3) is 2.25. The minimum Gasteiger partial charge on any atom is -0.398 e. The summed E-state index contributed by atoms with van der Waals surface area (Å²) >= 11 is 0. The van der Waals surface area contributed by atoms with E-state index < -0.39 is 5.82 Å². The first kappa shape index (κ1) is 12.3. The van der Waals surface area contributed by atoms with Gasteiger partial charge in [-0.1, -0.05) is 18.2 Å². The average molecular weight is 243 g/mol. The Morgan fingerprint density at radius 3 is 2.39 bits per heavy atom. The number of ketones is 1. The quantitative estimate of drug-likeness (QED) is 0.650. The Balaban J connectivity index is 2.47. The molecule has 0 radical (unpaired) electrons. The second-order valence-electron chi connectivity index (χ2n) is 4.36. The van der Waals surface area contributed by atoms with Crippen molar-refractivity contribution in [2.24, 2.45) is 0 Å². The van der Waals surface area contributed by atoms with Gasteiger partial charge in [-0.05, 0) is 43.2 Å². The van der Waals surface area contributed by atoms with Crippen LogP contribution in [0, 0.1) is 19.7 Å². The van der Waals surface area contributed by atoms with Crippen molar-refractivity contribution < 1.29 is 9.18 Å². The first-order valence-electron chi connectivity index (χ1n) is 5.66. The third-order valence-corrected chi connectivity index (χ3v) is 2.99. The monoisotopic (exact) mass is 243 g/mol. The first-order chi connectivity index (χ1) is 8.49. The molecule has 0 saturated heterocycles. The SMILES string of the molecule is Cc1ccc(C(=O)c2cc(F)ccc2C)cc1N. The lowest BCUT2D eigenvalue weighted by atomic mass is 9.98. The molecule has 0 fully saturated rings. The van der Waals surface area contributed by atoms with Gasteiger partial charge in [-0.2, -0.15) is 0 Å². The van der Waals surface area contributed by atoms with Gasteiger partial charge < -0.3 is 5.73 Å². The van der Waals surface area contributed by atoms with Crippen LogP contribution in [0.3, 0.4) is 0 Å². The zero-order valence-electron chi connectivity index (χ0n) is 10.3. The lowest BCUT2D eigenvalue weighted by molar-refractivity contribution is 0.103. The summed E-state index contributed by atoms with van der Waals surface area (Å²) in [5.74, 6) is -0.622. The normalized spacial score (nSPS) is 10.4. The minimum atomic E-state index is -0.413. The van der Waals surface area contributed by atoms with Crippen molar-refractivity contribution in [3.63, 3.8) is 0 Å². The van der Waals surface area contributed by atoms with E-state index in [1.807, 2.05) is 6.92 Å². The van der Waals surface area contributed by atoms with E-state index in [-0.39, 0.29) is 5.78 Å². The van der Waals surface area contributed by atoms with Gasteiger partial charge in [0.05, 0.1) is 0 Å². The molecule has 0 atom stereocenters. The highest BCUT2D eigenvalue weighted by Gasteiger charge is 2.13. The van der Waals surface area contributed by atoms with Gasteiger partial charge in [-0.25, -0.2) is 4.39 Å². The van der Waals surface area contributed by atoms with E-state index in [4.69, 9.17) is 5.73 Å². The second kappa shape index (κ2) is 4.61. The van der Waals surface area contributed by atoms with Crippen LogP contribution in [-0.2, 0) is 0 Å². The summed E-state index contributed by atoms with van der Waals surface area (Å²) in [6.45, 7) is 3.65. The topological polar surface area (TPSA) is 43.1 Å². The standard InChI is InChI=1S/C15H14FNO/c1-9-4-6-12(16)8-13(9)15(18)11-5-3-10(2)14(17)7-11/h3-8H,17H2,1-2H3. The molecule has 0 aliphatic heterocycles. The summed E-state index contributed by atoms with van der Waals surface area (Å²) in [4.78, 5) is 12.3. The van der Waals surface area contributed by atoms with Crippen LogP contribution in [0.2, 0.25) is 0 Å². The molecule has 2 N–H and O–H groups in total. The molecular formula is C15H14FNO. The number of anilines is 1. The zero-order valence-corrected chi connectivity index (χ0v) is 10.3. The number of nitrogen functional groups attached to an aromatic ring is 1. The minimum absolute atomic E-state index is 0.210. The Bertz CT molecular complexity index is 620. The fourth-order valence-electron chi connectivity index (χ4n) is 1.78. The van der Waals surface area contributed by atoms with Crippen LogP contribution in [0.1, 0.15) is 27.0 Å². The number of carbonyl (C=O) groups excluding carboxylic acids is 1. The van der Waals surface area contributed by atoms with Gasteiger partial charge in [0.1, 0.15) is 5.82 Å². The van der Waals surface area contributed by atoms with Gasteiger partial charge in [0.2, 0.25) is 0 Å². The van der Waals surface area contributed by atoms with Gasteiger partial charge >= 0.3 is 0 Å². The summed E-state index contributed by atoms with van der Waals surface area (Å²) in [7, 11) is 0. The maximum Gasteiger partial charge on any atom is 0.193 e. The predicted molar refractivity (Wildman–Crippen MR) is 70.2 cm³/mol. The van der Waals surface area contributed by atoms with Gasteiger partial charge in [0, 0.05) is 16.8 Å². The highest BCUT2D eigenvalue weighted by Crippen LogP contribution is 2.19. The highest BCUT2D eigenvalue weighted by molar-refractivity contribution is 6.10. The predicted octanol–water partition coefficient (Wildman–Crippen LogP) is 3.26. The van der Waals surface area contributed by atoms with Crippen molar-refractivity contribution in [2.75, 3.05) is 5.73 Å². The molecule has 0 aromatic heterocycles. The number of halogens is 1. The number of nitrogens with two attached hydrogens (primary N) is 1. The van der Waals surface area contributed by atoms with Gasteiger partial charge in [-0.15, -0.1) is 0 Å². The van der Waals surface area contributed by atoms with Crippen LogP contribution in [0.25, 0.3) is 0 Å². The molecular weight excluding hydrogens is 229 g/mol. The molecule has 3 heteroatoms. The van der Waals surface area contributed by atoms with Crippen molar-refractivity contribution in [1.82, 2.24) is 0 Å². The fourth-order valence-corrected chi connectivity index (χ4v) is 1.78. The van der Waals surface area contributed by atoms with E-state index in [1.165, 1.54) is 12.1 Å². The molecule has 0 heterocycles. The molecule has 0 spiro atoms. The summed E-state index contributed by atoms with van der Waals surface area (Å²) in [5.41, 5.74) is 8.86. The van der Waals surface area contributed by atoms with E-state index in [9.17, 15) is 9.18 Å². The van der Waals surface area contributed by atoms with Crippen LogP contribution in [0.15, 0.2) is 36.4 Å². The molecule has 92 valence electrons. The van der Waals surface area contributed by atoms with Crippen LogP contribution < -0.4 is 5.73 Å². The van der Waals surface area contributed by atoms with Crippen LogP contribution >= 0.6 is 0 Å². The van der Waals surface area contributed by atoms with Crippen LogP contribution in [0.5, 0.6) is 0 Å². The van der Waals surface area contributed by atoms with Gasteiger partial charge in [0.15, 0.2) is 5.78 Å². The maximum absolute atomic E-state index is 13.2. The van der Waals surface area contributed by atoms with Gasteiger partial charge in [-0.3, -0.25) is 4.79 Å². The molecule has 0 bridgehead atoms. The summed E-state index contributed by atoms with van der Waals surface area (Å²) in [6.07, 6.45) is 0. The average Bonchev–Trinajstić information content (AvgIpc) is 2.35. The molecule has 2 aromatic rings. The zero-order chi connectivity index (χ0) is 13.3. The molecule has 0 aliphatic carbocycles. The lowest BCUT2D eigenvalue weighted by Gasteiger charge is -2.07. The van der Waals surface area contributed by atoms with E-state index in [0.717, 1.165) is 11.1 Å². The first-order valence-corrected chi connectivity index (χ1v) is 5.66. The fraction of sp³-hybridized carbons (Fsp3) is 0.133. The Kier molecular flexibility index (Phi) is 3.15. The van der Waals surface area contributed by atoms with Crippen molar-refractivity contribution in [3.05, 3.63) is 64.5 Å². The largest absolute Gasteiger partial charge is 0.398 e. The number of carbonyl (C=O) groups is 1. The number of aryl methyl sites for hydroxylation is 2. The van der Waals surface area contributed by atoms with Crippen LogP contribution in [0.4, 0.5) is 10.1 Å². The van der Waals surface area contributed by atoms with Crippen molar-refractivity contribution in [1.29, 1.82) is 0 Å². The molecule has 0 unspecified atom stereocenters. The summed E-state index contributed by atoms with van der Waals surface area (Å²) < 4.78 is 13.2. The Hall–Kier alpha value is -2.16. The molecule has 18 heavy (non-hydrogen) atoms. The highest BCUT2D eigenvalue weighted by atomic mass is 19.1. The van der Waals surface area contributed by atoms with Crippen LogP contribution in [-0.4, -0.2) is 5.78 Å². The van der Waals surface area contributed by atoms with Crippen molar-refractivity contribution in [3.8, 4) is 0 Å². The number of benzene rings is 2. The van der Waals surface area contributed by atoms with Gasteiger partial charge in [0.25, 0.3) is 0 Å². The van der Waals surface area contributed by atoms with Crippen molar-refractivity contribution >= 4 is 11.5 Å². The molecule has 0 saturated carbocycles. The molecule has 2 aromatic carbocycles. The summed E-state index contributed by atoms with van der Waals surface area (Å²) in [6, 6.07) is 9.32. The van der Waals surface area contributed by atoms with Crippen molar-refractivity contribution in [2.45, 2.75) is 13.8 Å². The Morgan fingerprint density at radius 2 is 1.72 bits per heavy atom. The summed E-state index contributed by atoms with van der Waals surface area (Å²) in [5, 5.41) is 0. The third-order valence-electron chi connectivity index (χ3n) is 2.99. The molecule has 0 amide bonds. The lowest BCUT2D eigenvalue weighted by Crippen LogP contribution is -2.05. The number of rotatable bonds is 2. The van der Waals surface area contributed by atoms with E-state index in [2.05, 4.69) is 0 Å². The van der Waals surface area contributed by atoms with E-state index in [0.29, 0.717) is 16.8 Å². The smallest absolute Gasteiger partial charge is 0.193 e. The second-order valence-corrected chi connectivity index (χ2v) is 4.36. The molecule has 0 aliphatic rings. The molecule has 2 nitrogen and oxygen atoms in total. The number of hydrogen-bond acceptors (Lipinski definition) is 2.